The first-order valence-corrected chi connectivity index (χ1v) is 7.51. The van der Waals surface area contributed by atoms with Crippen LogP contribution in [0.4, 0.5) is 5.82 Å². The summed E-state index contributed by atoms with van der Waals surface area (Å²) in [5.41, 5.74) is 0.965. The van der Waals surface area contributed by atoms with E-state index >= 15 is 0 Å². The second-order valence-corrected chi connectivity index (χ2v) is 7.65. The lowest BCUT2D eigenvalue weighted by molar-refractivity contribution is 0.569. The predicted molar refractivity (Wildman–Crippen MR) is 69.6 cm³/mol. The van der Waals surface area contributed by atoms with Gasteiger partial charge in [-0.25, -0.2) is 9.19 Å². The molecule has 3 nitrogen and oxygen atoms in total. The minimum absolute atomic E-state index is 0.00758. The summed E-state index contributed by atoms with van der Waals surface area (Å²) >= 11 is 0. The summed E-state index contributed by atoms with van der Waals surface area (Å²) in [6, 6.07) is 5.69. The first kappa shape index (κ1) is 13.2. The van der Waals surface area contributed by atoms with Crippen LogP contribution in [0.1, 0.15) is 33.4 Å². The number of hydrogen-bond donors (Lipinski definition) is 0. The van der Waals surface area contributed by atoms with Gasteiger partial charge in [0.05, 0.1) is 9.73 Å². The van der Waals surface area contributed by atoms with E-state index in [1.165, 1.54) is 0 Å². The molecule has 1 aromatic heterocycles. The molecule has 0 saturated heterocycles. The fourth-order valence-electron chi connectivity index (χ4n) is 1.15. The molecule has 0 N–H and O–H groups in total. The third kappa shape index (κ3) is 3.59. The summed E-state index contributed by atoms with van der Waals surface area (Å²) in [5, 5.41) is 0. The fourth-order valence-corrected chi connectivity index (χ4v) is 1.78. The highest BCUT2D eigenvalue weighted by Crippen LogP contribution is 2.22. The molecular formula is C12H20N2OS. The Morgan fingerprint density at radius 3 is 2.50 bits per heavy atom. The van der Waals surface area contributed by atoms with Crippen molar-refractivity contribution in [2.75, 3.05) is 12.0 Å². The maximum absolute atomic E-state index is 11.9. The molecule has 90 valence electrons. The van der Waals surface area contributed by atoms with Gasteiger partial charge in [0.2, 0.25) is 0 Å². The van der Waals surface area contributed by atoms with Gasteiger partial charge in [-0.05, 0) is 12.1 Å². The maximum atomic E-state index is 11.9. The number of nitrogens with zero attached hydrogens (tertiary/aromatic N) is 2. The number of aromatic nitrogens is 1. The summed E-state index contributed by atoms with van der Waals surface area (Å²) in [7, 11) is -2.12. The molecule has 16 heavy (non-hydrogen) atoms. The van der Waals surface area contributed by atoms with Crippen molar-refractivity contribution in [3.8, 4) is 0 Å². The van der Waals surface area contributed by atoms with Gasteiger partial charge in [-0.3, -0.25) is 0 Å². The van der Waals surface area contributed by atoms with Gasteiger partial charge >= 0.3 is 0 Å². The quantitative estimate of drug-likeness (QED) is 0.797. The molecule has 0 aromatic carbocycles. The second-order valence-electron chi connectivity index (χ2n) is 4.97. The standard InChI is InChI=1S/C12H20N2OS/c1-6-16(5,15)14-11-9-7-8-10(13-11)12(2,3)4/h7-9H,6H2,1-5H3. The highest BCUT2D eigenvalue weighted by atomic mass is 32.2. The third-order valence-corrected chi connectivity index (χ3v) is 3.97. The van der Waals surface area contributed by atoms with Gasteiger partial charge in [-0.2, -0.15) is 4.36 Å². The average molecular weight is 240 g/mol. The van der Waals surface area contributed by atoms with Crippen molar-refractivity contribution >= 4 is 15.5 Å². The monoisotopic (exact) mass is 240 g/mol. The lowest BCUT2D eigenvalue weighted by Gasteiger charge is -2.17. The number of hydrogen-bond acceptors (Lipinski definition) is 3. The van der Waals surface area contributed by atoms with E-state index in [-0.39, 0.29) is 5.41 Å². The van der Waals surface area contributed by atoms with Crippen molar-refractivity contribution in [1.82, 2.24) is 4.98 Å². The lowest BCUT2D eigenvalue weighted by atomic mass is 9.92. The summed E-state index contributed by atoms with van der Waals surface area (Å²) in [6.45, 7) is 8.17. The van der Waals surface area contributed by atoms with Crippen molar-refractivity contribution in [1.29, 1.82) is 0 Å². The zero-order chi connectivity index (χ0) is 12.4. The van der Waals surface area contributed by atoms with E-state index in [9.17, 15) is 4.21 Å². The van der Waals surface area contributed by atoms with E-state index in [0.717, 1.165) is 5.69 Å². The SMILES string of the molecule is CCS(C)(=O)=Nc1cccc(C(C)(C)C)n1. The Balaban J connectivity index is 3.20. The Morgan fingerprint density at radius 1 is 1.38 bits per heavy atom. The molecule has 0 amide bonds. The molecule has 1 atom stereocenters. The Bertz CT molecular complexity index is 480. The summed E-state index contributed by atoms with van der Waals surface area (Å²) in [6.07, 6.45) is 1.67. The van der Waals surface area contributed by atoms with Gasteiger partial charge in [0.1, 0.15) is 0 Å². The van der Waals surface area contributed by atoms with Crippen LogP contribution in [0.3, 0.4) is 0 Å². The molecule has 0 aliphatic rings. The van der Waals surface area contributed by atoms with Crippen LogP contribution in [-0.4, -0.2) is 21.2 Å². The highest BCUT2D eigenvalue weighted by molar-refractivity contribution is 7.93. The maximum Gasteiger partial charge on any atom is 0.161 e. The van der Waals surface area contributed by atoms with Crippen LogP contribution in [0.5, 0.6) is 0 Å². The fraction of sp³-hybridized carbons (Fsp3) is 0.583. The molecule has 0 aliphatic heterocycles. The van der Waals surface area contributed by atoms with E-state index in [1.807, 2.05) is 19.1 Å². The van der Waals surface area contributed by atoms with Crippen LogP contribution in [0.2, 0.25) is 0 Å². The first-order chi connectivity index (χ1) is 7.24. The zero-order valence-electron chi connectivity index (χ0n) is 10.7. The lowest BCUT2D eigenvalue weighted by Crippen LogP contribution is -2.13. The van der Waals surface area contributed by atoms with Crippen molar-refractivity contribution < 1.29 is 4.21 Å². The molecule has 1 aromatic rings. The Labute approximate surface area is 98.5 Å². The molecule has 0 saturated carbocycles. The molecule has 0 fully saturated rings. The molecule has 1 heterocycles. The second kappa shape index (κ2) is 4.53. The topological polar surface area (TPSA) is 42.3 Å². The first-order valence-electron chi connectivity index (χ1n) is 5.42. The Kier molecular flexibility index (Phi) is 3.73. The molecule has 1 unspecified atom stereocenters. The van der Waals surface area contributed by atoms with E-state index in [1.54, 1.807) is 12.3 Å². The van der Waals surface area contributed by atoms with E-state index in [4.69, 9.17) is 0 Å². The molecule has 4 heteroatoms. The molecule has 0 bridgehead atoms. The smallest absolute Gasteiger partial charge is 0.161 e. The molecule has 1 rings (SSSR count). The number of rotatable bonds is 2. The van der Waals surface area contributed by atoms with Gasteiger partial charge in [0.15, 0.2) is 5.82 Å². The molecule has 0 spiro atoms. The van der Waals surface area contributed by atoms with Crippen LogP contribution in [-0.2, 0) is 15.1 Å². The van der Waals surface area contributed by atoms with E-state index in [2.05, 4.69) is 30.1 Å². The van der Waals surface area contributed by atoms with Gasteiger partial charge < -0.3 is 0 Å². The van der Waals surface area contributed by atoms with Crippen molar-refractivity contribution in [2.24, 2.45) is 4.36 Å². The number of pyridine rings is 1. The minimum Gasteiger partial charge on any atom is -0.250 e. The van der Waals surface area contributed by atoms with Crippen LogP contribution in [0.25, 0.3) is 0 Å². The summed E-state index contributed by atoms with van der Waals surface area (Å²) in [4.78, 5) is 4.43. The Hall–Kier alpha value is -0.900. The summed E-state index contributed by atoms with van der Waals surface area (Å²) < 4.78 is 16.1. The molecular weight excluding hydrogens is 220 g/mol. The van der Waals surface area contributed by atoms with Gasteiger partial charge in [-0.15, -0.1) is 0 Å². The largest absolute Gasteiger partial charge is 0.250 e. The van der Waals surface area contributed by atoms with Gasteiger partial charge in [0, 0.05) is 23.1 Å². The zero-order valence-corrected chi connectivity index (χ0v) is 11.5. The average Bonchev–Trinajstić information content (AvgIpc) is 2.16. The van der Waals surface area contributed by atoms with Crippen molar-refractivity contribution in [3.05, 3.63) is 23.9 Å². The van der Waals surface area contributed by atoms with Crippen LogP contribution in [0.15, 0.2) is 22.6 Å². The van der Waals surface area contributed by atoms with Crippen LogP contribution >= 0.6 is 0 Å². The highest BCUT2D eigenvalue weighted by Gasteiger charge is 2.15. The van der Waals surface area contributed by atoms with Crippen molar-refractivity contribution in [3.63, 3.8) is 0 Å². The predicted octanol–water partition coefficient (Wildman–Crippen LogP) is 3.13. The van der Waals surface area contributed by atoms with Gasteiger partial charge in [0.25, 0.3) is 0 Å². The normalized spacial score (nSPS) is 15.6. The molecule has 0 aliphatic carbocycles. The summed E-state index contributed by atoms with van der Waals surface area (Å²) in [5.74, 6) is 1.12. The third-order valence-electron chi connectivity index (χ3n) is 2.33. The molecule has 0 radical (unpaired) electrons. The Morgan fingerprint density at radius 2 is 2.00 bits per heavy atom. The van der Waals surface area contributed by atoms with Gasteiger partial charge in [-0.1, -0.05) is 33.8 Å². The van der Waals surface area contributed by atoms with Crippen molar-refractivity contribution in [2.45, 2.75) is 33.1 Å². The minimum atomic E-state index is -2.12. The van der Waals surface area contributed by atoms with Crippen LogP contribution in [0, 0.1) is 0 Å². The van der Waals surface area contributed by atoms with Crippen LogP contribution < -0.4 is 0 Å². The van der Waals surface area contributed by atoms with E-state index < -0.39 is 9.73 Å². The van der Waals surface area contributed by atoms with E-state index in [0.29, 0.717) is 11.6 Å².